The van der Waals surface area contributed by atoms with E-state index in [2.05, 4.69) is 26.0 Å². The van der Waals surface area contributed by atoms with E-state index in [9.17, 15) is 18.3 Å². The van der Waals surface area contributed by atoms with Crippen LogP contribution in [-0.4, -0.2) is 19.6 Å². The van der Waals surface area contributed by atoms with Crippen LogP contribution in [0.25, 0.3) is 0 Å². The van der Waals surface area contributed by atoms with Crippen molar-refractivity contribution >= 4 is 37.7 Å². The van der Waals surface area contributed by atoms with Crippen LogP contribution in [-0.2, 0) is 35.7 Å². The van der Waals surface area contributed by atoms with Crippen LogP contribution in [0.15, 0.2) is 20.0 Å². The molecule has 32 heavy (non-hydrogen) atoms. The van der Waals surface area contributed by atoms with Crippen LogP contribution in [0.3, 0.4) is 0 Å². The van der Waals surface area contributed by atoms with Crippen molar-refractivity contribution in [2.75, 3.05) is 5.32 Å². The van der Waals surface area contributed by atoms with Gasteiger partial charge in [0.05, 0.1) is 6.10 Å². The molecule has 7 nitrogen and oxygen atoms in total. The third-order valence-electron chi connectivity index (χ3n) is 7.68. The molecule has 1 saturated carbocycles. The van der Waals surface area contributed by atoms with Crippen molar-refractivity contribution in [2.24, 2.45) is 5.92 Å². The van der Waals surface area contributed by atoms with E-state index in [4.69, 9.17) is 4.42 Å². The van der Waals surface area contributed by atoms with Gasteiger partial charge in [0.1, 0.15) is 5.76 Å². The first kappa shape index (κ1) is 20.7. The highest BCUT2D eigenvalue weighted by Gasteiger charge is 2.43. The number of aliphatic hydroxyl groups excluding tert-OH is 1. The fraction of sp³-hybridized carbons (Fsp3) is 0.522. The number of nitrogens with one attached hydrogen (secondary N) is 2. The minimum absolute atomic E-state index is 0.143. The zero-order chi connectivity index (χ0) is 22.2. The lowest BCUT2D eigenvalue weighted by Crippen LogP contribution is -2.34. The second-order valence-electron chi connectivity index (χ2n) is 9.47. The van der Waals surface area contributed by atoms with E-state index in [1.807, 2.05) is 0 Å². The molecule has 1 aromatic carbocycles. The normalized spacial score (nSPS) is 25.4. The number of carbonyl (C=O) groups excluding carboxylic acids is 1. The number of hydrogen-bond donors (Lipinski definition) is 3. The topological polar surface area (TPSA) is 109 Å². The molecule has 3 N–H and O–H groups in total. The Morgan fingerprint density at radius 3 is 2.41 bits per heavy atom. The monoisotopic (exact) mass is 520 g/mol. The van der Waals surface area contributed by atoms with Crippen LogP contribution in [0, 0.1) is 5.92 Å². The Hall–Kier alpha value is -1.84. The lowest BCUT2D eigenvalue weighted by atomic mass is 9.86. The number of furan rings is 1. The smallest absolute Gasteiger partial charge is 0.333 e. The molecular formula is C23H25BrN2O5S. The first-order valence-electron chi connectivity index (χ1n) is 11.3. The molecule has 0 spiro atoms. The number of sulfonamides is 1. The summed E-state index contributed by atoms with van der Waals surface area (Å²) in [6.07, 6.45) is 7.61. The molecule has 3 unspecified atom stereocenters. The molecule has 1 heterocycles. The number of urea groups is 1. The largest absolute Gasteiger partial charge is 0.447 e. The van der Waals surface area contributed by atoms with Gasteiger partial charge in [-0.2, -0.15) is 8.42 Å². The van der Waals surface area contributed by atoms with Crippen molar-refractivity contribution in [3.63, 3.8) is 0 Å². The van der Waals surface area contributed by atoms with E-state index in [0.29, 0.717) is 11.3 Å². The van der Waals surface area contributed by atoms with Crippen molar-refractivity contribution in [3.05, 3.63) is 44.1 Å². The SMILES string of the molecule is O=C(Nc1c2c(c(Br)c3c1CCC3)CCC2)NS(=O)(=O)c1cc2c(o1)C1CCC(C1)C2O. The summed E-state index contributed by atoms with van der Waals surface area (Å²) in [6, 6.07) is 0.599. The van der Waals surface area contributed by atoms with Gasteiger partial charge in [0.15, 0.2) is 0 Å². The van der Waals surface area contributed by atoms with E-state index in [1.54, 1.807) is 0 Å². The maximum absolute atomic E-state index is 12.9. The average molecular weight is 521 g/mol. The number of fused-ring (bicyclic) bond motifs is 6. The van der Waals surface area contributed by atoms with Crippen LogP contribution < -0.4 is 10.0 Å². The summed E-state index contributed by atoms with van der Waals surface area (Å²) < 4.78 is 34.8. The van der Waals surface area contributed by atoms with Crippen LogP contribution in [0.4, 0.5) is 10.5 Å². The highest BCUT2D eigenvalue weighted by molar-refractivity contribution is 9.10. The van der Waals surface area contributed by atoms with Gasteiger partial charge in [0.25, 0.3) is 10.0 Å². The summed E-state index contributed by atoms with van der Waals surface area (Å²) in [7, 11) is -4.20. The van der Waals surface area contributed by atoms with E-state index >= 15 is 0 Å². The molecule has 1 fully saturated rings. The predicted octanol–water partition coefficient (Wildman–Crippen LogP) is 4.46. The zero-order valence-corrected chi connectivity index (χ0v) is 19.9. The van der Waals surface area contributed by atoms with E-state index in [0.717, 1.165) is 79.1 Å². The summed E-state index contributed by atoms with van der Waals surface area (Å²) in [4.78, 5) is 12.8. The maximum Gasteiger partial charge on any atom is 0.333 e. The zero-order valence-electron chi connectivity index (χ0n) is 17.5. The number of hydrogen-bond acceptors (Lipinski definition) is 5. The summed E-state index contributed by atoms with van der Waals surface area (Å²) in [5.41, 5.74) is 5.99. The van der Waals surface area contributed by atoms with Crippen LogP contribution >= 0.6 is 15.9 Å². The minimum atomic E-state index is -4.20. The van der Waals surface area contributed by atoms with Crippen molar-refractivity contribution in [3.8, 4) is 0 Å². The Kier molecular flexibility index (Phi) is 4.75. The number of aliphatic hydroxyl groups is 1. The van der Waals surface area contributed by atoms with Gasteiger partial charge < -0.3 is 14.8 Å². The predicted molar refractivity (Wildman–Crippen MR) is 121 cm³/mol. The second kappa shape index (κ2) is 7.33. The molecule has 4 aliphatic rings. The molecule has 0 radical (unpaired) electrons. The molecule has 9 heteroatoms. The Morgan fingerprint density at radius 2 is 1.72 bits per heavy atom. The molecule has 2 bridgehead atoms. The molecule has 2 amide bonds. The Labute approximate surface area is 195 Å². The molecule has 170 valence electrons. The van der Waals surface area contributed by atoms with Crippen molar-refractivity contribution in [2.45, 2.75) is 74.9 Å². The molecular weight excluding hydrogens is 496 g/mol. The summed E-state index contributed by atoms with van der Waals surface area (Å²) >= 11 is 3.75. The molecule has 3 atom stereocenters. The number of amides is 2. The number of benzene rings is 1. The lowest BCUT2D eigenvalue weighted by molar-refractivity contribution is 0.101. The second-order valence-corrected chi connectivity index (χ2v) is 11.9. The van der Waals surface area contributed by atoms with Crippen LogP contribution in [0.5, 0.6) is 0 Å². The quantitative estimate of drug-likeness (QED) is 0.553. The number of carbonyl (C=O) groups is 1. The summed E-state index contributed by atoms with van der Waals surface area (Å²) in [5.74, 6) is 0.846. The van der Waals surface area contributed by atoms with E-state index in [1.165, 1.54) is 17.2 Å². The highest BCUT2D eigenvalue weighted by atomic mass is 79.9. The molecule has 2 aromatic rings. The van der Waals surface area contributed by atoms with Crippen molar-refractivity contribution in [1.82, 2.24) is 4.72 Å². The lowest BCUT2D eigenvalue weighted by Gasteiger charge is -2.23. The fourth-order valence-electron chi connectivity index (χ4n) is 6.22. The van der Waals surface area contributed by atoms with E-state index < -0.39 is 22.2 Å². The van der Waals surface area contributed by atoms with Gasteiger partial charge in [-0.1, -0.05) is 15.9 Å². The summed E-state index contributed by atoms with van der Waals surface area (Å²) in [6.45, 7) is 0. The van der Waals surface area contributed by atoms with Gasteiger partial charge in [-0.15, -0.1) is 0 Å². The van der Waals surface area contributed by atoms with Crippen LogP contribution in [0.2, 0.25) is 0 Å². The van der Waals surface area contributed by atoms with Gasteiger partial charge in [0.2, 0.25) is 5.09 Å². The van der Waals surface area contributed by atoms with Gasteiger partial charge in [0, 0.05) is 27.7 Å². The molecule has 1 aromatic heterocycles. The number of halogens is 1. The Bertz CT molecular complexity index is 1200. The maximum atomic E-state index is 12.9. The van der Waals surface area contributed by atoms with Crippen LogP contribution in [0.1, 0.15) is 77.7 Å². The fourth-order valence-corrected chi connectivity index (χ4v) is 7.98. The minimum Gasteiger partial charge on any atom is -0.447 e. The Balaban J connectivity index is 1.27. The average Bonchev–Trinajstić information content (AvgIpc) is 3.53. The van der Waals surface area contributed by atoms with Crippen molar-refractivity contribution < 1.29 is 22.7 Å². The first-order valence-corrected chi connectivity index (χ1v) is 13.6. The van der Waals surface area contributed by atoms with E-state index in [-0.39, 0.29) is 16.9 Å². The Morgan fingerprint density at radius 1 is 1.06 bits per heavy atom. The third kappa shape index (κ3) is 3.08. The van der Waals surface area contributed by atoms with Crippen molar-refractivity contribution in [1.29, 1.82) is 0 Å². The highest BCUT2D eigenvalue weighted by Crippen LogP contribution is 2.52. The first-order chi connectivity index (χ1) is 15.3. The molecule has 0 aliphatic heterocycles. The molecule has 0 saturated heterocycles. The molecule has 6 rings (SSSR count). The number of rotatable bonds is 3. The third-order valence-corrected chi connectivity index (χ3v) is 9.82. The van der Waals surface area contributed by atoms with Gasteiger partial charge in [-0.05, 0) is 86.0 Å². The van der Waals surface area contributed by atoms with Gasteiger partial charge in [-0.3, -0.25) is 0 Å². The summed E-state index contributed by atoms with van der Waals surface area (Å²) in [5, 5.41) is 13.1. The molecule has 4 aliphatic carbocycles. The number of anilines is 1. The van der Waals surface area contributed by atoms with Gasteiger partial charge >= 0.3 is 6.03 Å². The van der Waals surface area contributed by atoms with Gasteiger partial charge in [-0.25, -0.2) is 9.52 Å². The standard InChI is InChI=1S/C23H25BrN2O5S/c24-19-13-3-1-5-15(13)20(16-6-2-4-14(16)19)25-23(28)26-32(29,30)18-10-17-21(27)11-7-8-12(9-11)22(17)31-18/h10-12,21,27H,1-9H2,(H2,25,26,28).